The molecule has 0 saturated carbocycles. The number of carbonyl (C=O) groups is 1. The van der Waals surface area contributed by atoms with E-state index < -0.39 is 0 Å². The summed E-state index contributed by atoms with van der Waals surface area (Å²) in [6.45, 7) is 10.4. The third kappa shape index (κ3) is 3.48. The number of fused-ring (bicyclic) bond motifs is 2. The smallest absolute Gasteiger partial charge is 0.252 e. The van der Waals surface area contributed by atoms with E-state index in [2.05, 4.69) is 57.9 Å². The monoisotopic (exact) mass is 421 g/mol. The van der Waals surface area contributed by atoms with E-state index in [-0.39, 0.29) is 11.7 Å². The molecule has 7 heteroatoms. The van der Waals surface area contributed by atoms with E-state index in [1.807, 2.05) is 37.2 Å². The van der Waals surface area contributed by atoms with Crippen LogP contribution < -0.4 is 5.32 Å². The van der Waals surface area contributed by atoms with Gasteiger partial charge >= 0.3 is 0 Å². The van der Waals surface area contributed by atoms with Gasteiger partial charge in [-0.3, -0.25) is 9.78 Å². The number of nitrogens with zero attached hydrogens (tertiary/aromatic N) is 4. The van der Waals surface area contributed by atoms with Crippen molar-refractivity contribution in [3.63, 3.8) is 0 Å². The summed E-state index contributed by atoms with van der Waals surface area (Å²) in [6.07, 6.45) is 12.4. The second-order valence-electron chi connectivity index (χ2n) is 8.67. The zero-order valence-electron chi connectivity index (χ0n) is 17.9. The number of carbonyl (C=O) groups excluding carboxylic acids is 1. The first-order valence-corrected chi connectivity index (χ1v) is 11.6. The Hall–Kier alpha value is -2.43. The molecule has 2 unspecified atom stereocenters. The molecule has 30 heavy (non-hydrogen) atoms. The Morgan fingerprint density at radius 1 is 1.17 bits per heavy atom. The van der Waals surface area contributed by atoms with Crippen LogP contribution in [0.4, 0.5) is 0 Å². The van der Waals surface area contributed by atoms with Crippen LogP contribution in [0, 0.1) is 13.8 Å². The molecule has 2 aromatic rings. The van der Waals surface area contributed by atoms with E-state index in [1.54, 1.807) is 0 Å². The number of aromatic nitrogens is 2. The number of amides is 1. The fraction of sp³-hybridized carbons (Fsp3) is 0.391. The molecule has 5 heterocycles. The molecule has 156 valence electrons. The Bertz CT molecular complexity index is 1100. The minimum Gasteiger partial charge on any atom is -0.367 e. The van der Waals surface area contributed by atoms with Crippen LogP contribution >= 0.6 is 8.58 Å². The SMILES string of the molecule is Cc1cn2cc(C3=CC(=O)N4C=C(N5C[C@@H](C)N[C@@H](C)C5)C=CC4P3)cc2c(C)n1. The van der Waals surface area contributed by atoms with Crippen LogP contribution in [0.1, 0.15) is 30.8 Å². The van der Waals surface area contributed by atoms with Crippen LogP contribution in [0.3, 0.4) is 0 Å². The van der Waals surface area contributed by atoms with Crippen molar-refractivity contribution in [3.05, 3.63) is 65.5 Å². The lowest BCUT2D eigenvalue weighted by Crippen LogP contribution is -2.54. The van der Waals surface area contributed by atoms with Crippen LogP contribution in [0.25, 0.3) is 10.8 Å². The first-order valence-electron chi connectivity index (χ1n) is 10.6. The summed E-state index contributed by atoms with van der Waals surface area (Å²) < 4.78 is 2.12. The third-order valence-electron chi connectivity index (χ3n) is 5.97. The molecule has 5 rings (SSSR count). The molecule has 1 fully saturated rings. The average molecular weight is 421 g/mol. The fourth-order valence-electron chi connectivity index (χ4n) is 4.73. The largest absolute Gasteiger partial charge is 0.367 e. The van der Waals surface area contributed by atoms with Crippen molar-refractivity contribution in [1.82, 2.24) is 24.5 Å². The van der Waals surface area contributed by atoms with Gasteiger partial charge < -0.3 is 19.5 Å². The molecule has 0 spiro atoms. The highest BCUT2D eigenvalue weighted by atomic mass is 31.1. The summed E-state index contributed by atoms with van der Waals surface area (Å²) in [5.41, 5.74) is 5.35. The normalized spacial score (nSPS) is 27.5. The molecule has 2 aromatic heterocycles. The minimum atomic E-state index is 0.0631. The second kappa shape index (κ2) is 7.36. The van der Waals surface area contributed by atoms with Gasteiger partial charge in [0.05, 0.1) is 28.4 Å². The molecule has 1 N–H and O–H groups in total. The van der Waals surface area contributed by atoms with Gasteiger partial charge in [0.25, 0.3) is 5.91 Å². The number of allylic oxidation sites excluding steroid dienone is 1. The van der Waals surface area contributed by atoms with E-state index in [1.165, 1.54) is 0 Å². The Kier molecular flexibility index (Phi) is 4.79. The van der Waals surface area contributed by atoms with Gasteiger partial charge in [-0.2, -0.15) is 0 Å². The number of aryl methyl sites for hydroxylation is 2. The summed E-state index contributed by atoms with van der Waals surface area (Å²) in [5.74, 6) is 0.163. The summed E-state index contributed by atoms with van der Waals surface area (Å²) >= 11 is 0. The summed E-state index contributed by atoms with van der Waals surface area (Å²) in [5, 5.41) is 4.69. The standard InChI is InChI=1S/C23H28N5OP/c1-14-9-26(10-15(2)24-14)19-5-6-23-28(13-19)22(29)8-21(30-23)18-7-20-17(4)25-16(3)11-27(20)12-18/h5-8,11-15,23-24,30H,9-10H2,1-4H3/t14-,15+,23?. The van der Waals surface area contributed by atoms with Crippen LogP contribution in [-0.2, 0) is 4.79 Å². The van der Waals surface area contributed by atoms with Gasteiger partial charge in [-0.1, -0.05) is 14.7 Å². The van der Waals surface area contributed by atoms with Gasteiger partial charge in [0.2, 0.25) is 0 Å². The summed E-state index contributed by atoms with van der Waals surface area (Å²) in [6, 6.07) is 3.04. The lowest BCUT2D eigenvalue weighted by molar-refractivity contribution is -0.123. The lowest BCUT2D eigenvalue weighted by atomic mass is 10.1. The molecule has 3 aliphatic heterocycles. The Morgan fingerprint density at radius 3 is 2.70 bits per heavy atom. The van der Waals surface area contributed by atoms with Gasteiger partial charge in [0.1, 0.15) is 0 Å². The molecule has 0 aromatic carbocycles. The van der Waals surface area contributed by atoms with Crippen LogP contribution in [0.2, 0.25) is 0 Å². The number of nitrogens with one attached hydrogen (secondary N) is 1. The third-order valence-corrected chi connectivity index (χ3v) is 7.48. The van der Waals surface area contributed by atoms with Gasteiger partial charge in [0, 0.05) is 55.4 Å². The van der Waals surface area contributed by atoms with Crippen molar-refractivity contribution in [3.8, 4) is 0 Å². The zero-order valence-corrected chi connectivity index (χ0v) is 18.9. The van der Waals surface area contributed by atoms with Crippen molar-refractivity contribution < 1.29 is 4.79 Å². The van der Waals surface area contributed by atoms with Crippen molar-refractivity contribution >= 4 is 25.3 Å². The van der Waals surface area contributed by atoms with Crippen LogP contribution in [0.5, 0.6) is 0 Å². The molecule has 1 saturated heterocycles. The Morgan fingerprint density at radius 2 is 1.93 bits per heavy atom. The highest BCUT2D eigenvalue weighted by molar-refractivity contribution is 7.51. The molecule has 6 nitrogen and oxygen atoms in total. The molecule has 0 aliphatic carbocycles. The molecular formula is C23H28N5OP. The van der Waals surface area contributed by atoms with Crippen molar-refractivity contribution in [2.75, 3.05) is 13.1 Å². The van der Waals surface area contributed by atoms with E-state index >= 15 is 0 Å². The Labute approximate surface area is 179 Å². The molecule has 0 radical (unpaired) electrons. The number of hydrogen-bond donors (Lipinski definition) is 1. The quantitative estimate of drug-likeness (QED) is 0.757. The molecular weight excluding hydrogens is 393 g/mol. The first-order chi connectivity index (χ1) is 14.4. The predicted octanol–water partition coefficient (Wildman–Crippen LogP) is 3.23. The molecule has 1 amide bonds. The maximum Gasteiger partial charge on any atom is 0.252 e. The van der Waals surface area contributed by atoms with Gasteiger partial charge in [0.15, 0.2) is 0 Å². The first kappa shape index (κ1) is 19.5. The number of rotatable bonds is 2. The zero-order chi connectivity index (χ0) is 21.0. The van der Waals surface area contributed by atoms with E-state index in [0.29, 0.717) is 20.7 Å². The van der Waals surface area contributed by atoms with Crippen molar-refractivity contribution in [2.24, 2.45) is 0 Å². The fourth-order valence-corrected chi connectivity index (χ4v) is 6.09. The topological polar surface area (TPSA) is 52.9 Å². The van der Waals surface area contributed by atoms with E-state index in [4.69, 9.17) is 0 Å². The van der Waals surface area contributed by atoms with Crippen molar-refractivity contribution in [2.45, 2.75) is 45.6 Å². The van der Waals surface area contributed by atoms with Crippen LogP contribution in [0.15, 0.2) is 48.6 Å². The summed E-state index contributed by atoms with van der Waals surface area (Å²) in [7, 11) is 0.524. The van der Waals surface area contributed by atoms with Gasteiger partial charge in [-0.25, -0.2) is 0 Å². The van der Waals surface area contributed by atoms with E-state index in [9.17, 15) is 4.79 Å². The highest BCUT2D eigenvalue weighted by Gasteiger charge is 2.31. The van der Waals surface area contributed by atoms with E-state index in [0.717, 1.165) is 46.6 Å². The van der Waals surface area contributed by atoms with Gasteiger partial charge in [-0.15, -0.1) is 0 Å². The minimum absolute atomic E-state index is 0.0631. The number of hydrogen-bond acceptors (Lipinski definition) is 4. The second-order valence-corrected chi connectivity index (χ2v) is 10.1. The molecule has 0 bridgehead atoms. The van der Waals surface area contributed by atoms with Crippen molar-refractivity contribution in [1.29, 1.82) is 0 Å². The predicted molar refractivity (Wildman–Crippen MR) is 122 cm³/mol. The summed E-state index contributed by atoms with van der Waals surface area (Å²) in [4.78, 5) is 21.9. The lowest BCUT2D eigenvalue weighted by Gasteiger charge is -2.41. The maximum atomic E-state index is 13.0. The van der Waals surface area contributed by atoms with Gasteiger partial charge in [-0.05, 0) is 45.2 Å². The maximum absolute atomic E-state index is 13.0. The average Bonchev–Trinajstić information content (AvgIpc) is 3.11. The number of piperazine rings is 1. The highest BCUT2D eigenvalue weighted by Crippen LogP contribution is 2.45. The molecule has 3 aliphatic rings. The molecule has 4 atom stereocenters. The van der Waals surface area contributed by atoms with Crippen LogP contribution in [-0.4, -0.2) is 56.0 Å². The Balaban J connectivity index is 1.42.